The average molecular weight is 263 g/mol. The van der Waals surface area contributed by atoms with Crippen molar-refractivity contribution < 1.29 is 0 Å². The normalized spacial score (nSPS) is 10.2. The van der Waals surface area contributed by atoms with Gasteiger partial charge >= 0.3 is 0 Å². The number of anilines is 1. The van der Waals surface area contributed by atoms with Gasteiger partial charge < -0.3 is 5.43 Å². The first-order valence-corrected chi connectivity index (χ1v) is 6.18. The number of hydrazine groups is 1. The van der Waals surface area contributed by atoms with Gasteiger partial charge in [-0.3, -0.25) is 4.98 Å². The molecule has 0 fully saturated rings. The van der Waals surface area contributed by atoms with Crippen molar-refractivity contribution in [2.75, 3.05) is 5.43 Å². The maximum absolute atomic E-state index is 5.49. The Morgan fingerprint density at radius 1 is 0.900 bits per heavy atom. The fourth-order valence-electron chi connectivity index (χ4n) is 1.90. The molecule has 3 rings (SSSR count). The highest BCUT2D eigenvalue weighted by atomic mass is 15.3. The molecule has 2 heterocycles. The predicted molar refractivity (Wildman–Crippen MR) is 78.5 cm³/mol. The first-order chi connectivity index (χ1) is 9.86. The van der Waals surface area contributed by atoms with Crippen molar-refractivity contribution in [3.05, 3.63) is 60.9 Å². The maximum Gasteiger partial charge on any atom is 0.163 e. The van der Waals surface area contributed by atoms with Crippen LogP contribution in [0.25, 0.3) is 22.6 Å². The molecule has 0 spiro atoms. The number of nitrogens with two attached hydrogens (primary N) is 1. The molecule has 0 radical (unpaired) electrons. The minimum atomic E-state index is 0.567. The van der Waals surface area contributed by atoms with E-state index >= 15 is 0 Å². The van der Waals surface area contributed by atoms with E-state index in [0.29, 0.717) is 11.6 Å². The molecule has 0 bridgehead atoms. The molecule has 0 amide bonds. The van der Waals surface area contributed by atoms with Crippen LogP contribution in [0.1, 0.15) is 0 Å². The Morgan fingerprint density at radius 2 is 1.70 bits per heavy atom. The zero-order chi connectivity index (χ0) is 13.8. The fourth-order valence-corrected chi connectivity index (χ4v) is 1.90. The second-order valence-corrected chi connectivity index (χ2v) is 4.21. The quantitative estimate of drug-likeness (QED) is 0.561. The van der Waals surface area contributed by atoms with Crippen LogP contribution in [0, 0.1) is 0 Å². The van der Waals surface area contributed by atoms with E-state index in [1.165, 1.54) is 0 Å². The average Bonchev–Trinajstić information content (AvgIpc) is 2.56. The van der Waals surface area contributed by atoms with Gasteiger partial charge in [-0.15, -0.1) is 0 Å². The number of nitrogens with one attached hydrogen (secondary N) is 1. The van der Waals surface area contributed by atoms with Crippen LogP contribution >= 0.6 is 0 Å². The lowest BCUT2D eigenvalue weighted by atomic mass is 10.1. The van der Waals surface area contributed by atoms with Crippen molar-refractivity contribution in [2.45, 2.75) is 0 Å². The first kappa shape index (κ1) is 12.3. The Balaban J connectivity index is 2.13. The second kappa shape index (κ2) is 5.46. The summed E-state index contributed by atoms with van der Waals surface area (Å²) in [7, 11) is 0. The highest BCUT2D eigenvalue weighted by Crippen LogP contribution is 2.23. The Bertz CT molecular complexity index is 640. The molecule has 0 atom stereocenters. The summed E-state index contributed by atoms with van der Waals surface area (Å²) >= 11 is 0. The van der Waals surface area contributed by atoms with Crippen molar-refractivity contribution in [2.24, 2.45) is 5.84 Å². The summed E-state index contributed by atoms with van der Waals surface area (Å²) in [4.78, 5) is 13.0. The molecular weight excluding hydrogens is 250 g/mol. The largest absolute Gasteiger partial charge is 0.308 e. The molecule has 0 unspecified atom stereocenters. The van der Waals surface area contributed by atoms with E-state index in [1.54, 1.807) is 12.4 Å². The smallest absolute Gasteiger partial charge is 0.163 e. The van der Waals surface area contributed by atoms with Crippen molar-refractivity contribution in [3.8, 4) is 22.6 Å². The summed E-state index contributed by atoms with van der Waals surface area (Å²) in [5.41, 5.74) is 5.25. The molecule has 5 heteroatoms. The molecule has 5 nitrogen and oxygen atoms in total. The molecule has 0 aliphatic carbocycles. The molecule has 3 aromatic rings. The van der Waals surface area contributed by atoms with Crippen LogP contribution in [0.4, 0.5) is 5.82 Å². The standard InChI is InChI=1S/C15H13N5/c16-20-14-9-13(11-5-2-1-3-6-11)18-15(19-14)12-7-4-8-17-10-12/h1-10H,16H2,(H,18,19,20). The molecule has 0 saturated heterocycles. The van der Waals surface area contributed by atoms with Gasteiger partial charge in [0, 0.05) is 29.6 Å². The van der Waals surface area contributed by atoms with Crippen LogP contribution in [-0.4, -0.2) is 15.0 Å². The molecule has 98 valence electrons. The molecule has 0 aliphatic heterocycles. The van der Waals surface area contributed by atoms with E-state index in [1.807, 2.05) is 48.5 Å². The van der Waals surface area contributed by atoms with Gasteiger partial charge in [-0.2, -0.15) is 0 Å². The summed E-state index contributed by atoms with van der Waals surface area (Å²) in [6, 6.07) is 15.5. The number of hydrogen-bond acceptors (Lipinski definition) is 5. The summed E-state index contributed by atoms with van der Waals surface area (Å²) in [6.07, 6.45) is 3.44. The van der Waals surface area contributed by atoms with Gasteiger partial charge in [0.15, 0.2) is 5.82 Å². The fraction of sp³-hybridized carbons (Fsp3) is 0. The van der Waals surface area contributed by atoms with Crippen LogP contribution in [0.3, 0.4) is 0 Å². The van der Waals surface area contributed by atoms with Crippen LogP contribution in [0.2, 0.25) is 0 Å². The number of pyridine rings is 1. The van der Waals surface area contributed by atoms with Gasteiger partial charge in [0.05, 0.1) is 5.69 Å². The van der Waals surface area contributed by atoms with Gasteiger partial charge in [0.2, 0.25) is 0 Å². The molecular formula is C15H13N5. The lowest BCUT2D eigenvalue weighted by Gasteiger charge is -2.07. The maximum atomic E-state index is 5.49. The molecule has 2 aromatic heterocycles. The van der Waals surface area contributed by atoms with Crippen molar-refractivity contribution in [1.29, 1.82) is 0 Å². The van der Waals surface area contributed by atoms with Crippen molar-refractivity contribution >= 4 is 5.82 Å². The Labute approximate surface area is 116 Å². The van der Waals surface area contributed by atoms with E-state index < -0.39 is 0 Å². The van der Waals surface area contributed by atoms with Crippen molar-refractivity contribution in [3.63, 3.8) is 0 Å². The number of aromatic nitrogens is 3. The Kier molecular flexibility index (Phi) is 3.34. The molecule has 0 aliphatic rings. The molecule has 0 saturated carbocycles. The van der Waals surface area contributed by atoms with E-state index in [-0.39, 0.29) is 0 Å². The zero-order valence-corrected chi connectivity index (χ0v) is 10.7. The van der Waals surface area contributed by atoms with Crippen LogP contribution in [-0.2, 0) is 0 Å². The number of nitrogens with zero attached hydrogens (tertiary/aromatic N) is 3. The van der Waals surface area contributed by atoms with Crippen LogP contribution in [0.5, 0.6) is 0 Å². The van der Waals surface area contributed by atoms with E-state index in [4.69, 9.17) is 5.84 Å². The third-order valence-electron chi connectivity index (χ3n) is 2.86. The number of nitrogen functional groups attached to an aromatic ring is 1. The monoisotopic (exact) mass is 263 g/mol. The van der Waals surface area contributed by atoms with Gasteiger partial charge in [0.1, 0.15) is 5.82 Å². The minimum Gasteiger partial charge on any atom is -0.308 e. The third-order valence-corrected chi connectivity index (χ3v) is 2.86. The lowest BCUT2D eigenvalue weighted by Crippen LogP contribution is -2.10. The highest BCUT2D eigenvalue weighted by molar-refractivity contribution is 5.66. The zero-order valence-electron chi connectivity index (χ0n) is 10.7. The lowest BCUT2D eigenvalue weighted by molar-refractivity contribution is 1.14. The van der Waals surface area contributed by atoms with Gasteiger partial charge in [-0.05, 0) is 12.1 Å². The highest BCUT2D eigenvalue weighted by Gasteiger charge is 2.07. The molecule has 1 aromatic carbocycles. The molecule has 3 N–H and O–H groups in total. The van der Waals surface area contributed by atoms with Crippen molar-refractivity contribution in [1.82, 2.24) is 15.0 Å². The Morgan fingerprint density at radius 3 is 2.40 bits per heavy atom. The van der Waals surface area contributed by atoms with E-state index in [9.17, 15) is 0 Å². The SMILES string of the molecule is NNc1cc(-c2ccccc2)nc(-c2cccnc2)n1. The summed E-state index contributed by atoms with van der Waals surface area (Å²) in [5.74, 6) is 6.65. The molecule has 20 heavy (non-hydrogen) atoms. The number of hydrogen-bond donors (Lipinski definition) is 2. The predicted octanol–water partition coefficient (Wildman–Crippen LogP) is 2.49. The van der Waals surface area contributed by atoms with E-state index in [0.717, 1.165) is 16.8 Å². The number of benzene rings is 1. The number of rotatable bonds is 3. The van der Waals surface area contributed by atoms with Gasteiger partial charge in [-0.1, -0.05) is 30.3 Å². The van der Waals surface area contributed by atoms with E-state index in [2.05, 4.69) is 20.4 Å². The van der Waals surface area contributed by atoms with Crippen LogP contribution < -0.4 is 11.3 Å². The summed E-state index contributed by atoms with van der Waals surface area (Å²) in [5, 5.41) is 0. The Hall–Kier alpha value is -2.79. The summed E-state index contributed by atoms with van der Waals surface area (Å²) in [6.45, 7) is 0. The van der Waals surface area contributed by atoms with Gasteiger partial charge in [0.25, 0.3) is 0 Å². The van der Waals surface area contributed by atoms with Gasteiger partial charge in [-0.25, -0.2) is 15.8 Å². The first-order valence-electron chi connectivity index (χ1n) is 6.18. The topological polar surface area (TPSA) is 76.7 Å². The third kappa shape index (κ3) is 2.48. The summed E-state index contributed by atoms with van der Waals surface area (Å²) < 4.78 is 0. The van der Waals surface area contributed by atoms with Crippen LogP contribution in [0.15, 0.2) is 60.9 Å². The minimum absolute atomic E-state index is 0.567. The second-order valence-electron chi connectivity index (χ2n) is 4.21.